The number of anilines is 4. The van der Waals surface area contributed by atoms with E-state index in [4.69, 9.17) is 24.7 Å². The SMILES string of the molecule is CNCC(=O)Nc1ccc(OC)c(C(=O)NCC(=O)Nc2ccc(OC)c(C(=O)NCC(=O)Nc3ccc(OC)c(C(=O)NCC(=O)Nc4ccc(OC)c(C(N)=O)c4)c3)c2)c1. The molecule has 10 N–H and O–H groups in total. The average Bonchev–Trinajstić information content (AvgIpc) is 3.26. The average molecular weight is 856 g/mol. The summed E-state index contributed by atoms with van der Waals surface area (Å²) in [4.78, 5) is 101. The van der Waals surface area contributed by atoms with Gasteiger partial charge in [0.05, 0.1) is 76.9 Å². The van der Waals surface area contributed by atoms with Gasteiger partial charge in [-0.2, -0.15) is 0 Å². The second-order valence-corrected chi connectivity index (χ2v) is 12.8. The van der Waals surface area contributed by atoms with Gasteiger partial charge in [0.15, 0.2) is 0 Å². The molecule has 0 aliphatic carbocycles. The molecule has 4 aromatic carbocycles. The summed E-state index contributed by atoms with van der Waals surface area (Å²) < 4.78 is 20.9. The molecule has 0 radical (unpaired) electrons. The van der Waals surface area contributed by atoms with Crippen LogP contribution in [0.4, 0.5) is 22.7 Å². The normalized spacial score (nSPS) is 10.3. The van der Waals surface area contributed by atoms with Gasteiger partial charge in [-0.1, -0.05) is 0 Å². The van der Waals surface area contributed by atoms with Gasteiger partial charge < -0.3 is 67.2 Å². The maximum absolute atomic E-state index is 13.2. The van der Waals surface area contributed by atoms with Crippen LogP contribution in [0, 0.1) is 0 Å². The van der Waals surface area contributed by atoms with E-state index in [-0.39, 0.29) is 74.8 Å². The number of carbonyl (C=O) groups excluding carboxylic acids is 8. The molecule has 0 aliphatic heterocycles. The Hall–Kier alpha value is -8.20. The molecule has 0 fully saturated rings. The minimum Gasteiger partial charge on any atom is -0.496 e. The van der Waals surface area contributed by atoms with Gasteiger partial charge in [0.2, 0.25) is 23.6 Å². The first kappa shape index (κ1) is 46.5. The number of rotatable bonds is 20. The van der Waals surface area contributed by atoms with Gasteiger partial charge in [0, 0.05) is 22.7 Å². The zero-order chi connectivity index (χ0) is 45.3. The van der Waals surface area contributed by atoms with E-state index in [0.717, 1.165) is 0 Å². The number of amides is 8. The number of hydrogen-bond donors (Lipinski definition) is 9. The van der Waals surface area contributed by atoms with Gasteiger partial charge in [-0.3, -0.25) is 38.4 Å². The lowest BCUT2D eigenvalue weighted by atomic mass is 10.1. The molecule has 4 rings (SSSR count). The van der Waals surface area contributed by atoms with Gasteiger partial charge in [-0.05, 0) is 79.8 Å². The van der Waals surface area contributed by atoms with Crippen LogP contribution in [0.2, 0.25) is 0 Å². The molecule has 8 amide bonds. The van der Waals surface area contributed by atoms with Crippen LogP contribution in [-0.4, -0.2) is 109 Å². The van der Waals surface area contributed by atoms with Crippen LogP contribution in [0.15, 0.2) is 72.8 Å². The van der Waals surface area contributed by atoms with Crippen molar-refractivity contribution in [3.8, 4) is 23.0 Å². The van der Waals surface area contributed by atoms with Crippen molar-refractivity contribution in [1.29, 1.82) is 0 Å². The van der Waals surface area contributed by atoms with Crippen molar-refractivity contribution in [2.75, 3.05) is 82.9 Å². The summed E-state index contributed by atoms with van der Waals surface area (Å²) >= 11 is 0. The summed E-state index contributed by atoms with van der Waals surface area (Å²) in [5.41, 5.74) is 6.35. The third-order valence-corrected chi connectivity index (χ3v) is 8.50. The Balaban J connectivity index is 1.32. The molecule has 62 heavy (non-hydrogen) atoms. The Morgan fingerprint density at radius 1 is 0.419 bits per heavy atom. The predicted molar refractivity (Wildman–Crippen MR) is 226 cm³/mol. The number of primary amides is 1. The fourth-order valence-electron chi connectivity index (χ4n) is 5.62. The van der Waals surface area contributed by atoms with Crippen LogP contribution in [0.5, 0.6) is 23.0 Å². The van der Waals surface area contributed by atoms with Crippen LogP contribution in [0.3, 0.4) is 0 Å². The summed E-state index contributed by atoms with van der Waals surface area (Å²) in [6.45, 7) is -1.41. The molecule has 0 saturated carbocycles. The predicted octanol–water partition coefficient (Wildman–Crippen LogP) is 1.08. The highest BCUT2D eigenvalue weighted by atomic mass is 16.5. The van der Waals surface area contributed by atoms with E-state index in [0.29, 0.717) is 5.69 Å². The number of hydrogen-bond acceptors (Lipinski definition) is 13. The molecule has 0 heterocycles. The van der Waals surface area contributed by atoms with Crippen molar-refractivity contribution < 1.29 is 57.3 Å². The Labute approximate surface area is 354 Å². The Morgan fingerprint density at radius 3 is 0.935 bits per heavy atom. The smallest absolute Gasteiger partial charge is 0.255 e. The van der Waals surface area contributed by atoms with Gasteiger partial charge in [-0.25, -0.2) is 0 Å². The number of nitrogens with two attached hydrogens (primary N) is 1. The van der Waals surface area contributed by atoms with E-state index < -0.39 is 61.0 Å². The number of nitrogens with one attached hydrogen (secondary N) is 8. The molecular weight excluding hydrogens is 811 g/mol. The van der Waals surface area contributed by atoms with Crippen molar-refractivity contribution in [1.82, 2.24) is 21.3 Å². The van der Waals surface area contributed by atoms with Gasteiger partial charge >= 0.3 is 0 Å². The van der Waals surface area contributed by atoms with Crippen LogP contribution in [0.25, 0.3) is 0 Å². The third-order valence-electron chi connectivity index (χ3n) is 8.50. The molecule has 0 atom stereocenters. The summed E-state index contributed by atoms with van der Waals surface area (Å²) in [7, 11) is 7.00. The minimum absolute atomic E-state index is 0.0227. The first-order valence-electron chi connectivity index (χ1n) is 18.4. The number of ether oxygens (including phenoxy) is 4. The quantitative estimate of drug-likeness (QED) is 0.0602. The highest BCUT2D eigenvalue weighted by molar-refractivity contribution is 6.06. The maximum atomic E-state index is 13.2. The number of likely N-dealkylation sites (N-methyl/N-ethyl adjacent to an activating group) is 1. The number of methoxy groups -OCH3 is 4. The Bertz CT molecular complexity index is 2370. The van der Waals surface area contributed by atoms with Crippen molar-refractivity contribution in [3.63, 3.8) is 0 Å². The lowest BCUT2D eigenvalue weighted by Gasteiger charge is -2.14. The number of carbonyl (C=O) groups is 8. The molecule has 0 saturated heterocycles. The van der Waals surface area contributed by atoms with E-state index in [2.05, 4.69) is 42.5 Å². The molecule has 326 valence electrons. The minimum atomic E-state index is -0.764. The van der Waals surface area contributed by atoms with Crippen molar-refractivity contribution >= 4 is 70.0 Å². The van der Waals surface area contributed by atoms with Crippen LogP contribution >= 0.6 is 0 Å². The fourth-order valence-corrected chi connectivity index (χ4v) is 5.62. The van der Waals surface area contributed by atoms with E-state index in [1.54, 1.807) is 13.1 Å². The largest absolute Gasteiger partial charge is 0.496 e. The van der Waals surface area contributed by atoms with E-state index in [1.165, 1.54) is 95.2 Å². The topological polar surface area (TPSA) is 296 Å². The Morgan fingerprint density at radius 2 is 0.677 bits per heavy atom. The third kappa shape index (κ3) is 12.9. The highest BCUT2D eigenvalue weighted by Crippen LogP contribution is 2.26. The summed E-state index contributed by atoms with van der Waals surface area (Å²) in [6, 6.07) is 17.1. The molecular formula is C41H45N9O12. The first-order valence-corrected chi connectivity index (χ1v) is 18.4. The van der Waals surface area contributed by atoms with Crippen LogP contribution in [0.1, 0.15) is 41.4 Å². The molecule has 0 aliphatic rings. The highest BCUT2D eigenvalue weighted by Gasteiger charge is 2.20. The molecule has 21 heteroatoms. The van der Waals surface area contributed by atoms with E-state index in [1.807, 2.05) is 0 Å². The molecule has 0 aromatic heterocycles. The van der Waals surface area contributed by atoms with Gasteiger partial charge in [0.25, 0.3) is 23.6 Å². The second kappa shape index (κ2) is 22.2. The molecule has 4 aromatic rings. The second-order valence-electron chi connectivity index (χ2n) is 12.8. The lowest BCUT2D eigenvalue weighted by Crippen LogP contribution is -2.34. The van der Waals surface area contributed by atoms with Crippen molar-refractivity contribution in [3.05, 3.63) is 95.1 Å². The monoisotopic (exact) mass is 855 g/mol. The summed E-state index contributed by atoms with van der Waals surface area (Å²) in [5, 5.41) is 20.5. The van der Waals surface area contributed by atoms with E-state index >= 15 is 0 Å². The zero-order valence-electron chi connectivity index (χ0n) is 34.2. The van der Waals surface area contributed by atoms with Crippen LogP contribution in [-0.2, 0) is 19.2 Å². The summed E-state index contributed by atoms with van der Waals surface area (Å²) in [6.07, 6.45) is 0. The van der Waals surface area contributed by atoms with Crippen molar-refractivity contribution in [2.45, 2.75) is 0 Å². The first-order chi connectivity index (χ1) is 29.7. The molecule has 0 spiro atoms. The fraction of sp³-hybridized carbons (Fsp3) is 0.220. The maximum Gasteiger partial charge on any atom is 0.255 e. The molecule has 0 unspecified atom stereocenters. The van der Waals surface area contributed by atoms with Crippen LogP contribution < -0.4 is 67.2 Å². The lowest BCUT2D eigenvalue weighted by molar-refractivity contribution is -0.116. The molecule has 21 nitrogen and oxygen atoms in total. The summed E-state index contributed by atoms with van der Waals surface area (Å²) in [5.74, 6) is -4.45. The van der Waals surface area contributed by atoms with Gasteiger partial charge in [-0.15, -0.1) is 0 Å². The standard InChI is InChI=1S/C41H45N9O12/c1-43-18-34(51)47-23-7-11-31(60-3)27(15-23)39(56)45-20-36(53)49-25-9-13-33(62-5)29(17-25)41(58)46-21-37(54)50-24-8-12-32(61-4)28(16-24)40(57)44-19-35(52)48-22-6-10-30(59-2)26(14-22)38(42)55/h6-17,43H,18-21H2,1-5H3,(H2,42,55)(H,44,57)(H,45,56)(H,46,58)(H,47,51)(H,48,52)(H,49,53)(H,50,54). The number of benzene rings is 4. The van der Waals surface area contributed by atoms with Gasteiger partial charge in [0.1, 0.15) is 23.0 Å². The molecule has 0 bridgehead atoms. The van der Waals surface area contributed by atoms with Crippen molar-refractivity contribution in [2.24, 2.45) is 5.73 Å². The zero-order valence-corrected chi connectivity index (χ0v) is 34.2. The van der Waals surface area contributed by atoms with E-state index in [9.17, 15) is 38.4 Å². The Kier molecular flexibility index (Phi) is 16.7.